The zero-order chi connectivity index (χ0) is 14.9. The van der Waals surface area contributed by atoms with Gasteiger partial charge in [-0.3, -0.25) is 4.72 Å². The lowest BCUT2D eigenvalue weighted by atomic mass is 10.1. The summed E-state index contributed by atoms with van der Waals surface area (Å²) in [4.78, 5) is 0.0823. The van der Waals surface area contributed by atoms with Gasteiger partial charge in [0.15, 0.2) is 0 Å². The summed E-state index contributed by atoms with van der Waals surface area (Å²) in [7, 11) is -3.71. The number of halogens is 1. The minimum absolute atomic E-state index is 0.0823. The van der Waals surface area contributed by atoms with E-state index in [-0.39, 0.29) is 4.90 Å². The highest BCUT2D eigenvalue weighted by atomic mass is 32.2. The third kappa shape index (κ3) is 2.99. The first kappa shape index (κ1) is 14.5. The summed E-state index contributed by atoms with van der Waals surface area (Å²) in [6.07, 6.45) is 0. The molecule has 0 amide bonds. The molecule has 0 radical (unpaired) electrons. The number of aryl methyl sites for hydroxylation is 3. The molecule has 0 saturated heterocycles. The molecular weight excluding hydrogens is 277 g/mol. The van der Waals surface area contributed by atoms with E-state index in [0.717, 1.165) is 17.2 Å². The van der Waals surface area contributed by atoms with Crippen LogP contribution in [0.3, 0.4) is 0 Å². The molecule has 0 aliphatic carbocycles. The average molecular weight is 293 g/mol. The van der Waals surface area contributed by atoms with Gasteiger partial charge < -0.3 is 0 Å². The van der Waals surface area contributed by atoms with Gasteiger partial charge in [0.25, 0.3) is 10.0 Å². The fraction of sp³-hybridized carbons (Fsp3) is 0.200. The van der Waals surface area contributed by atoms with E-state index in [1.165, 1.54) is 12.1 Å². The van der Waals surface area contributed by atoms with Crippen molar-refractivity contribution < 1.29 is 12.8 Å². The van der Waals surface area contributed by atoms with Gasteiger partial charge in [0.1, 0.15) is 5.82 Å². The number of sulfonamides is 1. The van der Waals surface area contributed by atoms with Crippen LogP contribution in [0.5, 0.6) is 0 Å². The third-order valence-electron chi connectivity index (χ3n) is 3.05. The molecule has 0 saturated carbocycles. The lowest BCUT2D eigenvalue weighted by Gasteiger charge is -2.12. The number of nitrogens with one attached hydrogen (secondary N) is 1. The monoisotopic (exact) mass is 293 g/mol. The van der Waals surface area contributed by atoms with Crippen LogP contribution in [-0.2, 0) is 10.0 Å². The highest BCUT2D eigenvalue weighted by Crippen LogP contribution is 2.23. The quantitative estimate of drug-likeness (QED) is 0.940. The molecule has 0 aliphatic rings. The van der Waals surface area contributed by atoms with Crippen molar-refractivity contribution in [2.45, 2.75) is 25.7 Å². The first-order valence-corrected chi connectivity index (χ1v) is 7.64. The average Bonchev–Trinajstić information content (AvgIpc) is 2.32. The fourth-order valence-electron chi connectivity index (χ4n) is 2.04. The largest absolute Gasteiger partial charge is 0.279 e. The maximum absolute atomic E-state index is 13.1. The van der Waals surface area contributed by atoms with Crippen molar-refractivity contribution in [3.05, 3.63) is 58.9 Å². The van der Waals surface area contributed by atoms with Crippen LogP contribution in [0.1, 0.15) is 16.7 Å². The van der Waals surface area contributed by atoms with Gasteiger partial charge in [-0.2, -0.15) is 0 Å². The second-order valence-corrected chi connectivity index (χ2v) is 6.48. The number of rotatable bonds is 3. The second-order valence-electron chi connectivity index (χ2n) is 4.83. The Kier molecular flexibility index (Phi) is 3.81. The Morgan fingerprint density at radius 2 is 1.65 bits per heavy atom. The predicted octanol–water partition coefficient (Wildman–Crippen LogP) is 3.55. The molecule has 2 aromatic carbocycles. The van der Waals surface area contributed by atoms with Gasteiger partial charge in [0.05, 0.1) is 10.6 Å². The summed E-state index contributed by atoms with van der Waals surface area (Å²) in [5.41, 5.74) is 2.80. The Morgan fingerprint density at radius 1 is 0.950 bits per heavy atom. The Hall–Kier alpha value is -1.88. The van der Waals surface area contributed by atoms with Crippen molar-refractivity contribution in [2.24, 2.45) is 0 Å². The van der Waals surface area contributed by atoms with Gasteiger partial charge in [0.2, 0.25) is 0 Å². The zero-order valence-electron chi connectivity index (χ0n) is 11.6. The fourth-order valence-corrected chi connectivity index (χ4v) is 3.40. The van der Waals surface area contributed by atoms with Crippen LogP contribution in [0.15, 0.2) is 41.3 Å². The van der Waals surface area contributed by atoms with E-state index in [1.54, 1.807) is 13.0 Å². The van der Waals surface area contributed by atoms with Crippen molar-refractivity contribution in [3.63, 3.8) is 0 Å². The van der Waals surface area contributed by atoms with Gasteiger partial charge in [-0.05, 0) is 56.2 Å². The van der Waals surface area contributed by atoms with Crippen LogP contribution in [-0.4, -0.2) is 8.42 Å². The SMILES string of the molecule is Cc1ccc(NS(=O)(=O)c2ccc(F)cc2C)c(C)c1. The van der Waals surface area contributed by atoms with Crippen molar-refractivity contribution in [1.82, 2.24) is 0 Å². The minimum atomic E-state index is -3.71. The van der Waals surface area contributed by atoms with Gasteiger partial charge in [-0.15, -0.1) is 0 Å². The van der Waals surface area contributed by atoms with E-state index in [4.69, 9.17) is 0 Å². The maximum atomic E-state index is 13.1. The zero-order valence-corrected chi connectivity index (χ0v) is 12.4. The molecule has 106 valence electrons. The Bertz CT molecular complexity index is 754. The van der Waals surface area contributed by atoms with Gasteiger partial charge in [0, 0.05) is 0 Å². The molecule has 1 N–H and O–H groups in total. The van der Waals surface area contributed by atoms with Gasteiger partial charge in [-0.25, -0.2) is 12.8 Å². The molecule has 5 heteroatoms. The molecule has 0 spiro atoms. The lowest BCUT2D eigenvalue weighted by Crippen LogP contribution is -2.15. The van der Waals surface area contributed by atoms with Gasteiger partial charge in [-0.1, -0.05) is 17.7 Å². The Morgan fingerprint density at radius 3 is 2.25 bits per heavy atom. The third-order valence-corrected chi connectivity index (χ3v) is 4.58. The summed E-state index contributed by atoms with van der Waals surface area (Å²) >= 11 is 0. The second kappa shape index (κ2) is 5.25. The van der Waals surface area contributed by atoms with Crippen molar-refractivity contribution in [2.75, 3.05) is 4.72 Å². The molecule has 3 nitrogen and oxygen atoms in total. The molecule has 2 aromatic rings. The van der Waals surface area contributed by atoms with E-state index in [1.807, 2.05) is 26.0 Å². The number of anilines is 1. The van der Waals surface area contributed by atoms with Crippen molar-refractivity contribution in [3.8, 4) is 0 Å². The Labute approximate surface area is 118 Å². The highest BCUT2D eigenvalue weighted by Gasteiger charge is 2.18. The molecule has 0 bridgehead atoms. The summed E-state index contributed by atoms with van der Waals surface area (Å²) in [5, 5.41) is 0. The molecule has 0 atom stereocenters. The molecule has 2 rings (SSSR count). The molecule has 0 fully saturated rings. The molecule has 0 aromatic heterocycles. The maximum Gasteiger partial charge on any atom is 0.262 e. The normalized spacial score (nSPS) is 11.4. The summed E-state index contributed by atoms with van der Waals surface area (Å²) in [6.45, 7) is 5.34. The molecule has 0 heterocycles. The van der Waals surface area contributed by atoms with E-state index in [0.29, 0.717) is 11.3 Å². The van der Waals surface area contributed by atoms with Crippen LogP contribution in [0.4, 0.5) is 10.1 Å². The number of hydrogen-bond acceptors (Lipinski definition) is 2. The smallest absolute Gasteiger partial charge is 0.262 e. The first-order valence-electron chi connectivity index (χ1n) is 6.16. The first-order chi connectivity index (χ1) is 9.29. The standard InChI is InChI=1S/C15H16FNO2S/c1-10-4-6-14(11(2)8-10)17-20(18,19)15-7-5-13(16)9-12(15)3/h4-9,17H,1-3H3. The van der Waals surface area contributed by atoms with Crippen LogP contribution >= 0.6 is 0 Å². The van der Waals surface area contributed by atoms with Crippen molar-refractivity contribution >= 4 is 15.7 Å². The highest BCUT2D eigenvalue weighted by molar-refractivity contribution is 7.92. The Balaban J connectivity index is 2.41. The minimum Gasteiger partial charge on any atom is -0.279 e. The lowest BCUT2D eigenvalue weighted by molar-refractivity contribution is 0.598. The van der Waals surface area contributed by atoms with Crippen LogP contribution in [0.25, 0.3) is 0 Å². The molecule has 0 aliphatic heterocycles. The van der Waals surface area contributed by atoms with Crippen LogP contribution in [0.2, 0.25) is 0 Å². The van der Waals surface area contributed by atoms with Crippen LogP contribution < -0.4 is 4.72 Å². The van der Waals surface area contributed by atoms with Gasteiger partial charge >= 0.3 is 0 Å². The summed E-state index contributed by atoms with van der Waals surface area (Å²) in [5.74, 6) is -0.451. The summed E-state index contributed by atoms with van der Waals surface area (Å²) in [6, 6.07) is 9.08. The topological polar surface area (TPSA) is 46.2 Å². The van der Waals surface area contributed by atoms with Crippen LogP contribution in [0, 0.1) is 26.6 Å². The number of hydrogen-bond donors (Lipinski definition) is 1. The van der Waals surface area contributed by atoms with E-state index < -0.39 is 15.8 Å². The summed E-state index contributed by atoms with van der Waals surface area (Å²) < 4.78 is 40.3. The van der Waals surface area contributed by atoms with E-state index in [2.05, 4.69) is 4.72 Å². The number of benzene rings is 2. The molecule has 0 unspecified atom stereocenters. The molecule has 20 heavy (non-hydrogen) atoms. The van der Waals surface area contributed by atoms with E-state index in [9.17, 15) is 12.8 Å². The van der Waals surface area contributed by atoms with Crippen molar-refractivity contribution in [1.29, 1.82) is 0 Å². The van der Waals surface area contributed by atoms with E-state index >= 15 is 0 Å². The predicted molar refractivity (Wildman–Crippen MR) is 77.9 cm³/mol. The molecular formula is C15H16FNO2S.